The standard InChI is InChI=1S/C17H23N3O/c1-3-11(2)15(20-17(21)12-7-6-8-12)16-18-13-9-4-5-10-14(13)19-16/h4-5,9-12,15H,3,6-8H2,1-2H3,(H,18,19)(H,20,21)/t11-,15-/m1/s1. The fourth-order valence-corrected chi connectivity index (χ4v) is 2.78. The van der Waals surface area contributed by atoms with Crippen LogP contribution in [0.5, 0.6) is 0 Å². The normalized spacial score (nSPS) is 18.2. The van der Waals surface area contributed by atoms with Gasteiger partial charge in [-0.25, -0.2) is 4.98 Å². The van der Waals surface area contributed by atoms with Gasteiger partial charge in [-0.1, -0.05) is 38.8 Å². The van der Waals surface area contributed by atoms with E-state index in [9.17, 15) is 4.79 Å². The van der Waals surface area contributed by atoms with E-state index < -0.39 is 0 Å². The SMILES string of the molecule is CC[C@@H](C)[C@@H](NC(=O)C1CCC1)c1nc2ccccc2[nH]1. The molecule has 21 heavy (non-hydrogen) atoms. The number of amides is 1. The summed E-state index contributed by atoms with van der Waals surface area (Å²) in [4.78, 5) is 20.3. The summed E-state index contributed by atoms with van der Waals surface area (Å²) in [6.07, 6.45) is 4.24. The van der Waals surface area contributed by atoms with E-state index in [4.69, 9.17) is 0 Å². The lowest BCUT2D eigenvalue weighted by Gasteiger charge is -2.29. The molecule has 2 N–H and O–H groups in total. The molecule has 0 radical (unpaired) electrons. The third-order valence-electron chi connectivity index (χ3n) is 4.69. The van der Waals surface area contributed by atoms with Gasteiger partial charge in [0, 0.05) is 5.92 Å². The molecule has 2 atom stereocenters. The van der Waals surface area contributed by atoms with E-state index >= 15 is 0 Å². The van der Waals surface area contributed by atoms with E-state index in [1.165, 1.54) is 6.42 Å². The lowest BCUT2D eigenvalue weighted by atomic mass is 9.84. The summed E-state index contributed by atoms with van der Waals surface area (Å²) in [5.74, 6) is 1.63. The zero-order valence-corrected chi connectivity index (χ0v) is 12.7. The van der Waals surface area contributed by atoms with Crippen molar-refractivity contribution < 1.29 is 4.79 Å². The van der Waals surface area contributed by atoms with Crippen molar-refractivity contribution in [1.29, 1.82) is 0 Å². The molecular formula is C17H23N3O. The number of nitrogens with zero attached hydrogens (tertiary/aromatic N) is 1. The zero-order valence-electron chi connectivity index (χ0n) is 12.7. The molecule has 2 aromatic rings. The number of para-hydroxylation sites is 2. The average molecular weight is 285 g/mol. The van der Waals surface area contributed by atoms with Crippen LogP contribution < -0.4 is 5.32 Å². The van der Waals surface area contributed by atoms with Crippen molar-refractivity contribution in [3.63, 3.8) is 0 Å². The molecule has 0 spiro atoms. The first-order chi connectivity index (χ1) is 10.2. The second kappa shape index (κ2) is 5.88. The number of hydrogen-bond acceptors (Lipinski definition) is 2. The van der Waals surface area contributed by atoms with Crippen molar-refractivity contribution in [2.45, 2.75) is 45.6 Å². The maximum Gasteiger partial charge on any atom is 0.223 e. The topological polar surface area (TPSA) is 57.8 Å². The van der Waals surface area contributed by atoms with Gasteiger partial charge in [0.2, 0.25) is 5.91 Å². The zero-order chi connectivity index (χ0) is 14.8. The van der Waals surface area contributed by atoms with Crippen LogP contribution in [0.2, 0.25) is 0 Å². The van der Waals surface area contributed by atoms with Gasteiger partial charge in [-0.2, -0.15) is 0 Å². The number of benzene rings is 1. The van der Waals surface area contributed by atoms with Gasteiger partial charge in [-0.05, 0) is 30.9 Å². The highest BCUT2D eigenvalue weighted by atomic mass is 16.2. The molecule has 1 aromatic carbocycles. The fourth-order valence-electron chi connectivity index (χ4n) is 2.78. The van der Waals surface area contributed by atoms with Crippen LogP contribution in [-0.4, -0.2) is 15.9 Å². The Labute approximate surface area is 125 Å². The highest BCUT2D eigenvalue weighted by Gasteiger charge is 2.30. The minimum absolute atomic E-state index is 0.0319. The summed E-state index contributed by atoms with van der Waals surface area (Å²) >= 11 is 0. The van der Waals surface area contributed by atoms with Gasteiger partial charge in [-0.3, -0.25) is 4.79 Å². The van der Waals surface area contributed by atoms with Crippen LogP contribution in [-0.2, 0) is 4.79 Å². The lowest BCUT2D eigenvalue weighted by Crippen LogP contribution is -2.39. The number of rotatable bonds is 5. The first-order valence-electron chi connectivity index (χ1n) is 7.94. The van der Waals surface area contributed by atoms with Crippen LogP contribution in [0.4, 0.5) is 0 Å². The maximum atomic E-state index is 12.3. The van der Waals surface area contributed by atoms with E-state index in [0.29, 0.717) is 5.92 Å². The van der Waals surface area contributed by atoms with Crippen molar-refractivity contribution in [2.24, 2.45) is 11.8 Å². The largest absolute Gasteiger partial charge is 0.346 e. The molecule has 1 aromatic heterocycles. The highest BCUT2D eigenvalue weighted by molar-refractivity contribution is 5.80. The van der Waals surface area contributed by atoms with Crippen molar-refractivity contribution in [2.75, 3.05) is 0 Å². The van der Waals surface area contributed by atoms with Crippen molar-refractivity contribution in [3.8, 4) is 0 Å². The minimum atomic E-state index is -0.0319. The molecule has 1 fully saturated rings. The van der Waals surface area contributed by atoms with Gasteiger partial charge in [0.05, 0.1) is 17.1 Å². The molecule has 0 aliphatic heterocycles. The summed E-state index contributed by atoms with van der Waals surface area (Å²) in [5, 5.41) is 3.21. The van der Waals surface area contributed by atoms with Crippen LogP contribution in [0.15, 0.2) is 24.3 Å². The molecular weight excluding hydrogens is 262 g/mol. The number of fused-ring (bicyclic) bond motifs is 1. The Morgan fingerprint density at radius 1 is 1.43 bits per heavy atom. The highest BCUT2D eigenvalue weighted by Crippen LogP contribution is 2.29. The van der Waals surface area contributed by atoms with E-state index in [0.717, 1.165) is 36.1 Å². The molecule has 0 saturated heterocycles. The van der Waals surface area contributed by atoms with Gasteiger partial charge in [0.15, 0.2) is 0 Å². The van der Waals surface area contributed by atoms with Crippen LogP contribution in [0.3, 0.4) is 0 Å². The number of H-pyrrole nitrogens is 1. The van der Waals surface area contributed by atoms with Gasteiger partial charge in [-0.15, -0.1) is 0 Å². The lowest BCUT2D eigenvalue weighted by molar-refractivity contribution is -0.128. The molecule has 1 saturated carbocycles. The summed E-state index contributed by atoms with van der Waals surface area (Å²) in [6, 6.07) is 7.97. The van der Waals surface area contributed by atoms with Gasteiger partial charge >= 0.3 is 0 Å². The van der Waals surface area contributed by atoms with Crippen LogP contribution in [0.1, 0.15) is 51.4 Å². The number of imidazole rings is 1. The molecule has 4 nitrogen and oxygen atoms in total. The van der Waals surface area contributed by atoms with E-state index in [1.807, 2.05) is 24.3 Å². The smallest absolute Gasteiger partial charge is 0.223 e. The number of hydrogen-bond donors (Lipinski definition) is 2. The third kappa shape index (κ3) is 2.80. The molecule has 3 rings (SSSR count). The summed E-state index contributed by atoms with van der Waals surface area (Å²) in [6.45, 7) is 4.31. The maximum absolute atomic E-state index is 12.3. The Kier molecular flexibility index (Phi) is 3.95. The van der Waals surface area contributed by atoms with E-state index in [-0.39, 0.29) is 17.9 Å². The first kappa shape index (κ1) is 14.1. The van der Waals surface area contributed by atoms with Crippen molar-refractivity contribution in [3.05, 3.63) is 30.1 Å². The Hall–Kier alpha value is -1.84. The molecule has 0 unspecified atom stereocenters. The number of aromatic amines is 1. The second-order valence-electron chi connectivity index (χ2n) is 6.14. The summed E-state index contributed by atoms with van der Waals surface area (Å²) in [7, 11) is 0. The van der Waals surface area contributed by atoms with Crippen LogP contribution in [0.25, 0.3) is 11.0 Å². The molecule has 4 heteroatoms. The number of nitrogens with one attached hydrogen (secondary N) is 2. The molecule has 1 aliphatic carbocycles. The summed E-state index contributed by atoms with van der Waals surface area (Å²) < 4.78 is 0. The summed E-state index contributed by atoms with van der Waals surface area (Å²) in [5.41, 5.74) is 1.98. The number of carbonyl (C=O) groups excluding carboxylic acids is 1. The van der Waals surface area contributed by atoms with E-state index in [1.54, 1.807) is 0 Å². The third-order valence-corrected chi connectivity index (χ3v) is 4.69. The van der Waals surface area contributed by atoms with Gasteiger partial charge in [0.25, 0.3) is 0 Å². The number of carbonyl (C=O) groups is 1. The first-order valence-corrected chi connectivity index (χ1v) is 7.94. The molecule has 112 valence electrons. The quantitative estimate of drug-likeness (QED) is 0.882. The Balaban J connectivity index is 1.85. The van der Waals surface area contributed by atoms with Crippen LogP contribution in [0, 0.1) is 11.8 Å². The van der Waals surface area contributed by atoms with Crippen molar-refractivity contribution >= 4 is 16.9 Å². The minimum Gasteiger partial charge on any atom is -0.346 e. The molecule has 0 bridgehead atoms. The number of aromatic nitrogens is 2. The molecule has 1 heterocycles. The van der Waals surface area contributed by atoms with Crippen LogP contribution >= 0.6 is 0 Å². The Morgan fingerprint density at radius 2 is 2.19 bits per heavy atom. The monoisotopic (exact) mass is 285 g/mol. The van der Waals surface area contributed by atoms with E-state index in [2.05, 4.69) is 29.1 Å². The average Bonchev–Trinajstić information content (AvgIpc) is 2.85. The van der Waals surface area contributed by atoms with Gasteiger partial charge in [0.1, 0.15) is 5.82 Å². The predicted molar refractivity (Wildman–Crippen MR) is 83.8 cm³/mol. The predicted octanol–water partition coefficient (Wildman–Crippen LogP) is 3.57. The Morgan fingerprint density at radius 3 is 2.81 bits per heavy atom. The Bertz CT molecular complexity index is 597. The fraction of sp³-hybridized carbons (Fsp3) is 0.529. The molecule has 1 amide bonds. The van der Waals surface area contributed by atoms with Gasteiger partial charge < -0.3 is 10.3 Å². The van der Waals surface area contributed by atoms with Crippen molar-refractivity contribution in [1.82, 2.24) is 15.3 Å². The molecule has 1 aliphatic rings. The second-order valence-corrected chi connectivity index (χ2v) is 6.14.